The summed E-state index contributed by atoms with van der Waals surface area (Å²) in [4.78, 5) is 48.2. The van der Waals surface area contributed by atoms with Gasteiger partial charge in [0.2, 0.25) is 5.88 Å². The van der Waals surface area contributed by atoms with Crippen LogP contribution in [-0.4, -0.2) is 81.5 Å². The Morgan fingerprint density at radius 3 is 2.38 bits per heavy atom. The minimum atomic E-state index is -4.71. The van der Waals surface area contributed by atoms with E-state index < -0.39 is 36.4 Å². The van der Waals surface area contributed by atoms with E-state index in [4.69, 9.17) is 28.7 Å². The van der Waals surface area contributed by atoms with Crippen LogP contribution in [0.2, 0.25) is 0 Å². The molecule has 332 valence electrons. The van der Waals surface area contributed by atoms with Crippen LogP contribution in [0.25, 0.3) is 10.9 Å². The van der Waals surface area contributed by atoms with Crippen molar-refractivity contribution in [3.8, 4) is 17.4 Å². The fraction of sp³-hybridized carbons (Fsp3) is 0.435. The smallest absolute Gasteiger partial charge is 0.410 e. The summed E-state index contributed by atoms with van der Waals surface area (Å²) in [6.45, 7) is 7.68. The zero-order valence-corrected chi connectivity index (χ0v) is 36.0. The molecule has 63 heavy (non-hydrogen) atoms. The van der Waals surface area contributed by atoms with E-state index in [9.17, 15) is 22.8 Å². The van der Waals surface area contributed by atoms with E-state index in [1.165, 1.54) is 12.4 Å². The highest BCUT2D eigenvalue weighted by Crippen LogP contribution is 2.39. The lowest BCUT2D eigenvalue weighted by Gasteiger charge is -2.40. The fourth-order valence-corrected chi connectivity index (χ4v) is 7.96. The van der Waals surface area contributed by atoms with Gasteiger partial charge >= 0.3 is 12.3 Å². The minimum absolute atomic E-state index is 0.0932. The third kappa shape index (κ3) is 9.72. The topological polar surface area (TPSA) is 150 Å². The molecule has 1 aliphatic carbocycles. The maximum atomic E-state index is 14.5. The molecule has 0 spiro atoms. The van der Waals surface area contributed by atoms with Gasteiger partial charge in [-0.05, 0) is 75.9 Å². The highest BCUT2D eigenvalue weighted by molar-refractivity contribution is 6.06. The predicted molar refractivity (Wildman–Crippen MR) is 227 cm³/mol. The first kappa shape index (κ1) is 43.4. The Morgan fingerprint density at radius 2 is 1.70 bits per heavy atom. The first-order valence-corrected chi connectivity index (χ1v) is 20.9. The van der Waals surface area contributed by atoms with Crippen LogP contribution in [0, 0.1) is 6.92 Å². The highest BCUT2D eigenvalue weighted by Gasteiger charge is 2.50. The molecular weight excluding hydrogens is 820 g/mol. The Balaban J connectivity index is 1.06. The Labute approximate surface area is 363 Å². The number of halogens is 3. The molecule has 0 radical (unpaired) electrons. The van der Waals surface area contributed by atoms with E-state index in [2.05, 4.69) is 20.3 Å². The molecule has 5 heterocycles. The van der Waals surface area contributed by atoms with Crippen LogP contribution in [-0.2, 0) is 35.8 Å². The lowest BCUT2D eigenvalue weighted by Crippen LogP contribution is -2.56. The van der Waals surface area contributed by atoms with Crippen LogP contribution in [0.1, 0.15) is 96.5 Å². The third-order valence-electron chi connectivity index (χ3n) is 11.3. The van der Waals surface area contributed by atoms with Gasteiger partial charge in [-0.2, -0.15) is 13.2 Å². The summed E-state index contributed by atoms with van der Waals surface area (Å²) in [5.41, 5.74) is 4.59. The molecule has 17 heteroatoms. The van der Waals surface area contributed by atoms with Crippen LogP contribution in [0.3, 0.4) is 0 Å². The van der Waals surface area contributed by atoms with E-state index in [0.29, 0.717) is 65.7 Å². The Morgan fingerprint density at radius 1 is 0.937 bits per heavy atom. The average Bonchev–Trinajstić information content (AvgIpc) is 3.99. The van der Waals surface area contributed by atoms with E-state index in [-0.39, 0.29) is 36.9 Å². The number of fused-ring (bicyclic) bond motifs is 3. The number of likely N-dealkylation sites (tertiary alicyclic amines) is 1. The quantitative estimate of drug-likeness (QED) is 0.128. The van der Waals surface area contributed by atoms with Crippen molar-refractivity contribution < 1.29 is 46.4 Å². The minimum Gasteiger partial charge on any atom is -0.497 e. The fourth-order valence-electron chi connectivity index (χ4n) is 7.96. The predicted octanol–water partition coefficient (Wildman–Crippen LogP) is 8.82. The largest absolute Gasteiger partial charge is 0.497 e. The molecule has 5 aromatic rings. The average molecular weight is 870 g/mol. The number of ether oxygens (including phenoxy) is 5. The number of aromatic nitrogens is 4. The second kappa shape index (κ2) is 17.5. The van der Waals surface area contributed by atoms with Gasteiger partial charge in [-0.15, -0.1) is 0 Å². The van der Waals surface area contributed by atoms with Crippen LogP contribution in [0.4, 0.5) is 29.5 Å². The SMILES string of the molecule is COc1ccc(CNc2nc3cc(CN(C(=O)c4cnc(C5CC5)nc4)c4ccc(O[C@@H]5CCN(C(=O)OC(C)(C)C)[C@@H](C(F)(F)F)C5)nc4C)ccc3c3c2COC3)c(OC)c1. The molecule has 2 aliphatic heterocycles. The van der Waals surface area contributed by atoms with Gasteiger partial charge in [0.15, 0.2) is 0 Å². The lowest BCUT2D eigenvalue weighted by molar-refractivity contribution is -0.194. The Hall–Kier alpha value is -6.23. The van der Waals surface area contributed by atoms with E-state index in [1.807, 2.05) is 36.4 Å². The number of anilines is 2. The summed E-state index contributed by atoms with van der Waals surface area (Å²) in [7, 11) is 3.21. The maximum Gasteiger partial charge on any atom is 0.410 e. The van der Waals surface area contributed by atoms with Gasteiger partial charge in [0, 0.05) is 72.9 Å². The van der Waals surface area contributed by atoms with Crippen molar-refractivity contribution in [2.45, 2.75) is 110 Å². The van der Waals surface area contributed by atoms with Crippen molar-refractivity contribution in [1.82, 2.24) is 24.8 Å². The second-order valence-corrected chi connectivity index (χ2v) is 17.0. The first-order chi connectivity index (χ1) is 30.1. The van der Waals surface area contributed by atoms with Gasteiger partial charge in [-0.1, -0.05) is 12.1 Å². The number of alkyl halides is 3. The molecule has 0 bridgehead atoms. The molecule has 1 N–H and O–H groups in total. The maximum absolute atomic E-state index is 14.5. The standard InChI is InChI=1S/C46H50F3N7O7/c1-26-37(13-14-40(53-26)62-32-15-16-55(39(19-32)46(47,48)49)44(58)63-45(2,3)4)56(43(57)30-21-50-41(51-22-30)28-8-9-28)23-27-7-12-33-34-24-61-25-35(34)42(54-36(33)17-27)52-20-29-10-11-31(59-5)18-38(29)60-6/h7,10-14,17-18,21-22,28,32,39H,8-9,15-16,19-20,23-25H2,1-6H3,(H,52,54)/t32-,39-/m1/s1. The molecule has 2 atom stereocenters. The zero-order chi connectivity index (χ0) is 44.6. The normalized spacial score (nSPS) is 17.6. The summed E-state index contributed by atoms with van der Waals surface area (Å²) >= 11 is 0. The van der Waals surface area contributed by atoms with Gasteiger partial charge in [0.1, 0.15) is 40.9 Å². The molecule has 3 aromatic heterocycles. The monoisotopic (exact) mass is 869 g/mol. The van der Waals surface area contributed by atoms with Crippen molar-refractivity contribution in [2.75, 3.05) is 31.0 Å². The molecule has 3 aliphatic rings. The van der Waals surface area contributed by atoms with Crippen molar-refractivity contribution in [2.24, 2.45) is 0 Å². The molecular formula is C46H50F3N7O7. The number of rotatable bonds is 12. The summed E-state index contributed by atoms with van der Waals surface area (Å²) < 4.78 is 71.1. The van der Waals surface area contributed by atoms with Crippen LogP contribution in [0.5, 0.6) is 17.4 Å². The van der Waals surface area contributed by atoms with Crippen LogP contribution >= 0.6 is 0 Å². The van der Waals surface area contributed by atoms with Gasteiger partial charge in [0.25, 0.3) is 5.91 Å². The number of carbonyl (C=O) groups excluding carboxylic acids is 2. The number of benzene rings is 2. The van der Waals surface area contributed by atoms with Crippen LogP contribution < -0.4 is 24.4 Å². The zero-order valence-electron chi connectivity index (χ0n) is 36.0. The number of hydrogen-bond acceptors (Lipinski definition) is 12. The van der Waals surface area contributed by atoms with Gasteiger partial charge in [-0.3, -0.25) is 9.69 Å². The van der Waals surface area contributed by atoms with Gasteiger partial charge in [0.05, 0.1) is 56.4 Å². The second-order valence-electron chi connectivity index (χ2n) is 17.0. The molecule has 2 amide bonds. The molecule has 1 saturated heterocycles. The molecule has 8 rings (SSSR count). The molecule has 2 fully saturated rings. The third-order valence-corrected chi connectivity index (χ3v) is 11.3. The summed E-state index contributed by atoms with van der Waals surface area (Å²) in [6.07, 6.45) is -1.88. The van der Waals surface area contributed by atoms with Gasteiger partial charge < -0.3 is 33.9 Å². The Kier molecular flexibility index (Phi) is 12.1. The number of methoxy groups -OCH3 is 2. The molecule has 2 aromatic carbocycles. The summed E-state index contributed by atoms with van der Waals surface area (Å²) in [6, 6.07) is 12.6. The van der Waals surface area contributed by atoms with Gasteiger partial charge in [-0.25, -0.2) is 24.7 Å². The number of aryl methyl sites for hydroxylation is 1. The molecule has 0 unspecified atom stereocenters. The van der Waals surface area contributed by atoms with Crippen molar-refractivity contribution in [1.29, 1.82) is 0 Å². The van der Waals surface area contributed by atoms with Crippen molar-refractivity contribution in [3.63, 3.8) is 0 Å². The van der Waals surface area contributed by atoms with Crippen molar-refractivity contribution in [3.05, 3.63) is 100 Å². The first-order valence-electron chi connectivity index (χ1n) is 20.9. The number of nitrogens with zero attached hydrogens (tertiary/aromatic N) is 6. The number of piperidine rings is 1. The number of amides is 2. The number of pyridine rings is 2. The van der Waals surface area contributed by atoms with E-state index in [0.717, 1.165) is 45.4 Å². The molecule has 14 nitrogen and oxygen atoms in total. The highest BCUT2D eigenvalue weighted by atomic mass is 19.4. The Bertz CT molecular complexity index is 2510. The lowest BCUT2D eigenvalue weighted by atomic mass is 9.99. The van der Waals surface area contributed by atoms with Crippen molar-refractivity contribution >= 4 is 34.4 Å². The summed E-state index contributed by atoms with van der Waals surface area (Å²) in [5, 5.41) is 4.42. The van der Waals surface area contributed by atoms with E-state index >= 15 is 0 Å². The number of nitrogens with one attached hydrogen (secondary N) is 1. The summed E-state index contributed by atoms with van der Waals surface area (Å²) in [5.74, 6) is 2.77. The van der Waals surface area contributed by atoms with Crippen LogP contribution in [0.15, 0.2) is 60.9 Å². The number of carbonyl (C=O) groups is 2. The number of hydrogen-bond donors (Lipinski definition) is 1. The molecule has 1 saturated carbocycles. The van der Waals surface area contributed by atoms with E-state index in [1.54, 1.807) is 58.9 Å².